The van der Waals surface area contributed by atoms with Crippen LogP contribution in [-0.4, -0.2) is 72.5 Å². The zero-order valence-corrected chi connectivity index (χ0v) is 20.7. The zero-order valence-electron chi connectivity index (χ0n) is 20.7. The van der Waals surface area contributed by atoms with E-state index in [1.165, 1.54) is 12.4 Å². The Balaban J connectivity index is 1.33. The first-order valence-electron chi connectivity index (χ1n) is 12.4. The molecule has 0 saturated carbocycles. The van der Waals surface area contributed by atoms with Crippen LogP contribution in [0.3, 0.4) is 0 Å². The Labute approximate surface area is 214 Å². The minimum absolute atomic E-state index is 0.0304. The number of nitrogens with zero attached hydrogens (tertiary/aromatic N) is 7. The van der Waals surface area contributed by atoms with Crippen molar-refractivity contribution in [2.45, 2.75) is 32.5 Å². The number of likely N-dealkylation sites (tertiary alicyclic amines) is 1. The largest absolute Gasteiger partial charge is 0.391 e. The second-order valence-corrected chi connectivity index (χ2v) is 9.46. The summed E-state index contributed by atoms with van der Waals surface area (Å²) in [6.07, 6.45) is 7.11. The maximum Gasteiger partial charge on any atom is 0.231 e. The number of anilines is 1. The van der Waals surface area contributed by atoms with Crippen molar-refractivity contribution in [2.75, 3.05) is 31.1 Å². The number of amides is 1. The predicted molar refractivity (Wildman–Crippen MR) is 138 cm³/mol. The highest BCUT2D eigenvalue weighted by Crippen LogP contribution is 2.28. The number of aliphatic hydroxyl groups is 1. The van der Waals surface area contributed by atoms with E-state index in [9.17, 15) is 9.90 Å². The van der Waals surface area contributed by atoms with Gasteiger partial charge in [-0.25, -0.2) is 19.0 Å². The van der Waals surface area contributed by atoms with Gasteiger partial charge in [0.1, 0.15) is 23.6 Å². The number of carbonyl (C=O) groups excluding carboxylic acids is 1. The number of hydrogen-bond donors (Lipinski definition) is 2. The third-order valence-corrected chi connectivity index (χ3v) is 7.00. The molecule has 37 heavy (non-hydrogen) atoms. The summed E-state index contributed by atoms with van der Waals surface area (Å²) in [5.74, 6) is 0.0768. The predicted octanol–water partition coefficient (Wildman–Crippen LogP) is 1.95. The summed E-state index contributed by atoms with van der Waals surface area (Å²) >= 11 is 0. The molecule has 4 heterocycles. The number of β-amino-alcohol motifs (C(OH)–C–C–N with tert-alkyl or cyclic N) is 1. The Morgan fingerprint density at radius 1 is 1.27 bits per heavy atom. The average Bonchev–Trinajstić information content (AvgIpc) is 3.55. The molecule has 194 valence electrons. The lowest BCUT2D eigenvalue weighted by molar-refractivity contribution is -0.120. The minimum Gasteiger partial charge on any atom is -0.391 e. The van der Waals surface area contributed by atoms with E-state index < -0.39 is 6.10 Å². The van der Waals surface area contributed by atoms with Crippen LogP contribution in [0.4, 0.5) is 10.2 Å². The maximum absolute atomic E-state index is 15.0. The van der Waals surface area contributed by atoms with Crippen LogP contribution in [0.2, 0.25) is 0 Å². The topological polar surface area (TPSA) is 118 Å². The maximum atomic E-state index is 15.0. The smallest absolute Gasteiger partial charge is 0.231 e. The van der Waals surface area contributed by atoms with Crippen molar-refractivity contribution in [3.8, 4) is 5.69 Å². The van der Waals surface area contributed by atoms with Gasteiger partial charge in [-0.2, -0.15) is 5.10 Å². The Bertz CT molecular complexity index is 1370. The summed E-state index contributed by atoms with van der Waals surface area (Å²) < 4.78 is 18.7. The SMILES string of the molecule is CCN(Cc1ccc(-n2cccn2)cc1F)c1ncnc2c1ccn2CC1CCN(CC(N)=O)CC1O. The van der Waals surface area contributed by atoms with Crippen LogP contribution in [0.25, 0.3) is 16.7 Å². The van der Waals surface area contributed by atoms with Crippen LogP contribution in [-0.2, 0) is 17.9 Å². The van der Waals surface area contributed by atoms with Crippen LogP contribution in [0.5, 0.6) is 0 Å². The highest BCUT2D eigenvalue weighted by Gasteiger charge is 2.29. The third kappa shape index (κ3) is 5.32. The van der Waals surface area contributed by atoms with E-state index in [4.69, 9.17) is 5.73 Å². The zero-order chi connectivity index (χ0) is 25.9. The van der Waals surface area contributed by atoms with E-state index in [-0.39, 0.29) is 24.2 Å². The molecule has 10 nitrogen and oxygen atoms in total. The molecule has 11 heteroatoms. The minimum atomic E-state index is -0.563. The van der Waals surface area contributed by atoms with Gasteiger partial charge in [-0.3, -0.25) is 9.69 Å². The first kappa shape index (κ1) is 24.8. The number of fused-ring (bicyclic) bond motifs is 1. The molecule has 0 bridgehead atoms. The molecule has 0 spiro atoms. The van der Waals surface area contributed by atoms with Gasteiger partial charge in [0.15, 0.2) is 0 Å². The fraction of sp³-hybridized carbons (Fsp3) is 0.385. The van der Waals surface area contributed by atoms with Crippen molar-refractivity contribution in [3.05, 3.63) is 66.6 Å². The second-order valence-electron chi connectivity index (χ2n) is 9.46. The molecule has 0 radical (unpaired) electrons. The van der Waals surface area contributed by atoms with Gasteiger partial charge in [0, 0.05) is 56.3 Å². The van der Waals surface area contributed by atoms with Crippen molar-refractivity contribution >= 4 is 22.8 Å². The van der Waals surface area contributed by atoms with Crippen molar-refractivity contribution in [1.29, 1.82) is 0 Å². The molecule has 4 aromatic rings. The van der Waals surface area contributed by atoms with Gasteiger partial charge in [-0.15, -0.1) is 0 Å². The van der Waals surface area contributed by atoms with Gasteiger partial charge in [0.05, 0.1) is 23.7 Å². The van der Waals surface area contributed by atoms with Crippen LogP contribution >= 0.6 is 0 Å². The van der Waals surface area contributed by atoms with Crippen LogP contribution in [0.1, 0.15) is 18.9 Å². The summed E-state index contributed by atoms with van der Waals surface area (Å²) in [5, 5.41) is 15.7. The molecular formula is C26H31FN8O2. The standard InChI is InChI=1S/C26H31FN8O2/c1-2-33(13-18-4-5-20(12-22(18)27)35-9-3-8-31-35)25-21-7-11-34(26(21)30-17-29-25)14-19-6-10-32(15-23(19)36)16-24(28)37/h3-5,7-9,11-12,17,19,23,36H,2,6,10,13-16H2,1H3,(H2,28,37). The molecule has 1 amide bonds. The first-order chi connectivity index (χ1) is 17.9. The Morgan fingerprint density at radius 2 is 2.14 bits per heavy atom. The Kier molecular flexibility index (Phi) is 7.15. The number of primary amides is 1. The molecule has 5 rings (SSSR count). The summed E-state index contributed by atoms with van der Waals surface area (Å²) in [7, 11) is 0. The number of halogens is 1. The number of aromatic nitrogens is 5. The second kappa shape index (κ2) is 10.7. The van der Waals surface area contributed by atoms with E-state index in [1.54, 1.807) is 29.2 Å². The van der Waals surface area contributed by atoms with E-state index in [0.29, 0.717) is 44.0 Å². The lowest BCUT2D eigenvalue weighted by Crippen LogP contribution is -2.47. The van der Waals surface area contributed by atoms with E-state index in [1.807, 2.05) is 39.6 Å². The van der Waals surface area contributed by atoms with Crippen molar-refractivity contribution in [2.24, 2.45) is 11.7 Å². The molecule has 2 unspecified atom stereocenters. The van der Waals surface area contributed by atoms with Crippen LogP contribution in [0, 0.1) is 11.7 Å². The van der Waals surface area contributed by atoms with Gasteiger partial charge in [0.2, 0.25) is 5.91 Å². The van der Waals surface area contributed by atoms with Gasteiger partial charge < -0.3 is 20.3 Å². The summed E-state index contributed by atoms with van der Waals surface area (Å²) in [5.41, 5.74) is 7.30. The van der Waals surface area contributed by atoms with E-state index >= 15 is 4.39 Å². The van der Waals surface area contributed by atoms with E-state index in [2.05, 4.69) is 15.1 Å². The number of rotatable bonds is 9. The van der Waals surface area contributed by atoms with Crippen LogP contribution < -0.4 is 10.6 Å². The lowest BCUT2D eigenvalue weighted by atomic mass is 9.93. The van der Waals surface area contributed by atoms with Gasteiger partial charge in [-0.1, -0.05) is 6.07 Å². The number of piperidine rings is 1. The fourth-order valence-electron chi connectivity index (χ4n) is 5.04. The molecule has 2 atom stereocenters. The van der Waals surface area contributed by atoms with Gasteiger partial charge >= 0.3 is 0 Å². The Morgan fingerprint density at radius 3 is 2.84 bits per heavy atom. The molecule has 3 aromatic heterocycles. The number of carbonyl (C=O) groups is 1. The average molecular weight is 507 g/mol. The molecule has 0 aliphatic carbocycles. The quantitative estimate of drug-likeness (QED) is 0.356. The number of benzene rings is 1. The normalized spacial score (nSPS) is 18.4. The highest BCUT2D eigenvalue weighted by atomic mass is 19.1. The lowest BCUT2D eigenvalue weighted by Gasteiger charge is -2.35. The summed E-state index contributed by atoms with van der Waals surface area (Å²) in [6.45, 7) is 4.88. The first-order valence-corrected chi connectivity index (χ1v) is 12.4. The number of aliphatic hydroxyl groups excluding tert-OH is 1. The van der Waals surface area contributed by atoms with E-state index in [0.717, 1.165) is 23.3 Å². The molecule has 1 fully saturated rings. The Hall–Kier alpha value is -3.83. The molecule has 1 aromatic carbocycles. The fourth-order valence-corrected chi connectivity index (χ4v) is 5.04. The molecular weight excluding hydrogens is 475 g/mol. The molecule has 1 saturated heterocycles. The third-order valence-electron chi connectivity index (χ3n) is 7.00. The van der Waals surface area contributed by atoms with Gasteiger partial charge in [-0.05, 0) is 44.2 Å². The summed E-state index contributed by atoms with van der Waals surface area (Å²) in [4.78, 5) is 24.2. The number of nitrogens with two attached hydrogens (primary N) is 1. The molecule has 1 aliphatic heterocycles. The van der Waals surface area contributed by atoms with Gasteiger partial charge in [0.25, 0.3) is 0 Å². The van der Waals surface area contributed by atoms with Crippen molar-refractivity contribution < 1.29 is 14.3 Å². The van der Waals surface area contributed by atoms with Crippen molar-refractivity contribution in [3.63, 3.8) is 0 Å². The highest BCUT2D eigenvalue weighted by molar-refractivity contribution is 5.87. The van der Waals surface area contributed by atoms with Crippen molar-refractivity contribution in [1.82, 2.24) is 29.2 Å². The monoisotopic (exact) mass is 506 g/mol. The molecule has 3 N–H and O–H groups in total. The molecule has 1 aliphatic rings. The summed E-state index contributed by atoms with van der Waals surface area (Å²) in [6, 6.07) is 8.89. The number of hydrogen-bond acceptors (Lipinski definition) is 7. The van der Waals surface area contributed by atoms with Crippen LogP contribution in [0.15, 0.2) is 55.2 Å².